The number of anilines is 2. The summed E-state index contributed by atoms with van der Waals surface area (Å²) in [5, 5.41) is 3.43. The predicted molar refractivity (Wildman–Crippen MR) is 80.7 cm³/mol. The lowest BCUT2D eigenvalue weighted by Gasteiger charge is -2.22. The van der Waals surface area contributed by atoms with E-state index in [0.29, 0.717) is 0 Å². The smallest absolute Gasteiger partial charge is 0.0484 e. The van der Waals surface area contributed by atoms with E-state index < -0.39 is 0 Å². The van der Waals surface area contributed by atoms with Gasteiger partial charge in [0, 0.05) is 42.9 Å². The first-order valence-electron chi connectivity index (χ1n) is 6.75. The zero-order valence-electron chi connectivity index (χ0n) is 11.6. The van der Waals surface area contributed by atoms with Gasteiger partial charge in [-0.25, -0.2) is 0 Å². The van der Waals surface area contributed by atoms with Crippen molar-refractivity contribution in [3.63, 3.8) is 0 Å². The molecule has 19 heavy (non-hydrogen) atoms. The highest BCUT2D eigenvalue weighted by Crippen LogP contribution is 2.25. The monoisotopic (exact) mass is 255 g/mol. The van der Waals surface area contributed by atoms with Crippen molar-refractivity contribution in [3.05, 3.63) is 54.4 Å². The summed E-state index contributed by atoms with van der Waals surface area (Å²) in [6, 6.07) is 12.4. The molecule has 2 aromatic rings. The van der Waals surface area contributed by atoms with Crippen molar-refractivity contribution < 1.29 is 0 Å². The molecule has 0 atom stereocenters. The van der Waals surface area contributed by atoms with Crippen LogP contribution < -0.4 is 10.2 Å². The second-order valence-electron chi connectivity index (χ2n) is 4.58. The van der Waals surface area contributed by atoms with Crippen molar-refractivity contribution in [1.29, 1.82) is 0 Å². The van der Waals surface area contributed by atoms with Crippen molar-refractivity contribution in [2.75, 3.05) is 18.5 Å². The van der Waals surface area contributed by atoms with Crippen LogP contribution in [0.2, 0.25) is 0 Å². The summed E-state index contributed by atoms with van der Waals surface area (Å²) in [5.41, 5.74) is 3.61. The Hall–Kier alpha value is -1.87. The molecule has 0 fully saturated rings. The standard InChI is InChI=1S/C16H21N3/c1-3-10-17-12-14-13-18-11-9-16(14)19(2)15-7-5-4-6-8-15/h4-9,11,13,17H,3,10,12H2,1-2H3. The summed E-state index contributed by atoms with van der Waals surface area (Å²) in [7, 11) is 2.09. The Balaban J connectivity index is 2.19. The van der Waals surface area contributed by atoms with Gasteiger partial charge in [0.25, 0.3) is 0 Å². The predicted octanol–water partition coefficient (Wildman–Crippen LogP) is 3.35. The second kappa shape index (κ2) is 6.90. The van der Waals surface area contributed by atoms with E-state index in [1.807, 2.05) is 18.5 Å². The van der Waals surface area contributed by atoms with Crippen LogP contribution >= 0.6 is 0 Å². The highest BCUT2D eigenvalue weighted by Gasteiger charge is 2.08. The molecule has 3 heteroatoms. The molecule has 0 saturated heterocycles. The first-order valence-corrected chi connectivity index (χ1v) is 6.75. The molecule has 2 rings (SSSR count). The highest BCUT2D eigenvalue weighted by molar-refractivity contribution is 5.64. The van der Waals surface area contributed by atoms with Gasteiger partial charge in [-0.05, 0) is 31.2 Å². The molecule has 0 aliphatic rings. The van der Waals surface area contributed by atoms with Crippen LogP contribution in [0.15, 0.2) is 48.8 Å². The summed E-state index contributed by atoms with van der Waals surface area (Å²) in [6.07, 6.45) is 4.93. The Morgan fingerprint density at radius 3 is 2.68 bits per heavy atom. The average Bonchev–Trinajstić information content (AvgIpc) is 2.48. The van der Waals surface area contributed by atoms with Crippen LogP contribution in [0.4, 0.5) is 11.4 Å². The van der Waals surface area contributed by atoms with Gasteiger partial charge < -0.3 is 10.2 Å². The lowest BCUT2D eigenvalue weighted by atomic mass is 10.2. The van der Waals surface area contributed by atoms with E-state index in [-0.39, 0.29) is 0 Å². The lowest BCUT2D eigenvalue weighted by Crippen LogP contribution is -2.18. The summed E-state index contributed by atoms with van der Waals surface area (Å²) in [6.45, 7) is 4.06. The SMILES string of the molecule is CCCNCc1cnccc1N(C)c1ccccc1. The summed E-state index contributed by atoms with van der Waals surface area (Å²) >= 11 is 0. The maximum Gasteiger partial charge on any atom is 0.0484 e. The van der Waals surface area contributed by atoms with E-state index >= 15 is 0 Å². The summed E-state index contributed by atoms with van der Waals surface area (Å²) in [5.74, 6) is 0. The minimum Gasteiger partial charge on any atom is -0.344 e. The first kappa shape index (κ1) is 13.6. The van der Waals surface area contributed by atoms with Gasteiger partial charge >= 0.3 is 0 Å². The molecule has 0 spiro atoms. The lowest BCUT2D eigenvalue weighted by molar-refractivity contribution is 0.674. The number of hydrogen-bond donors (Lipinski definition) is 1. The zero-order chi connectivity index (χ0) is 13.5. The molecular formula is C16H21N3. The third-order valence-corrected chi connectivity index (χ3v) is 3.12. The molecule has 0 radical (unpaired) electrons. The van der Waals surface area contributed by atoms with Crippen molar-refractivity contribution in [3.8, 4) is 0 Å². The Morgan fingerprint density at radius 2 is 1.95 bits per heavy atom. The van der Waals surface area contributed by atoms with Crippen LogP contribution in [0.1, 0.15) is 18.9 Å². The van der Waals surface area contributed by atoms with Gasteiger partial charge in [0.1, 0.15) is 0 Å². The van der Waals surface area contributed by atoms with Gasteiger partial charge in [0.15, 0.2) is 0 Å². The van der Waals surface area contributed by atoms with Crippen molar-refractivity contribution >= 4 is 11.4 Å². The number of nitrogens with zero attached hydrogens (tertiary/aromatic N) is 2. The topological polar surface area (TPSA) is 28.2 Å². The zero-order valence-corrected chi connectivity index (χ0v) is 11.6. The van der Waals surface area contributed by atoms with Crippen LogP contribution in [0.3, 0.4) is 0 Å². The van der Waals surface area contributed by atoms with Crippen LogP contribution in [-0.2, 0) is 6.54 Å². The van der Waals surface area contributed by atoms with Gasteiger partial charge in [-0.2, -0.15) is 0 Å². The number of rotatable bonds is 6. The molecule has 1 aromatic heterocycles. The quantitative estimate of drug-likeness (QED) is 0.802. The van der Waals surface area contributed by atoms with Crippen LogP contribution in [0, 0.1) is 0 Å². The van der Waals surface area contributed by atoms with Gasteiger partial charge in [-0.1, -0.05) is 25.1 Å². The molecule has 0 aliphatic heterocycles. The molecule has 100 valence electrons. The van der Waals surface area contributed by atoms with E-state index in [9.17, 15) is 0 Å². The molecule has 1 heterocycles. The van der Waals surface area contributed by atoms with Gasteiger partial charge in [0.2, 0.25) is 0 Å². The van der Waals surface area contributed by atoms with Gasteiger partial charge in [-0.15, -0.1) is 0 Å². The number of aromatic nitrogens is 1. The van der Waals surface area contributed by atoms with E-state index in [0.717, 1.165) is 19.5 Å². The molecule has 3 nitrogen and oxygen atoms in total. The Kier molecular flexibility index (Phi) is 4.93. The van der Waals surface area contributed by atoms with E-state index in [2.05, 4.69) is 59.5 Å². The first-order chi connectivity index (χ1) is 9.33. The van der Waals surface area contributed by atoms with Crippen molar-refractivity contribution in [2.45, 2.75) is 19.9 Å². The number of benzene rings is 1. The average molecular weight is 255 g/mol. The Labute approximate surface area is 115 Å². The fourth-order valence-electron chi connectivity index (χ4n) is 2.07. The molecule has 0 saturated carbocycles. The van der Waals surface area contributed by atoms with Gasteiger partial charge in [-0.3, -0.25) is 4.98 Å². The minimum atomic E-state index is 0.855. The van der Waals surface area contributed by atoms with E-state index in [4.69, 9.17) is 0 Å². The van der Waals surface area contributed by atoms with E-state index in [1.165, 1.54) is 16.9 Å². The maximum absolute atomic E-state index is 4.23. The summed E-state index contributed by atoms with van der Waals surface area (Å²) in [4.78, 5) is 6.43. The normalized spacial score (nSPS) is 10.4. The third kappa shape index (κ3) is 3.55. The molecular weight excluding hydrogens is 234 g/mol. The third-order valence-electron chi connectivity index (χ3n) is 3.12. The van der Waals surface area contributed by atoms with Crippen molar-refractivity contribution in [2.24, 2.45) is 0 Å². The number of hydrogen-bond acceptors (Lipinski definition) is 3. The van der Waals surface area contributed by atoms with Crippen LogP contribution in [-0.4, -0.2) is 18.6 Å². The van der Waals surface area contributed by atoms with Crippen LogP contribution in [0.5, 0.6) is 0 Å². The Morgan fingerprint density at radius 1 is 1.16 bits per heavy atom. The highest BCUT2D eigenvalue weighted by atomic mass is 15.1. The number of nitrogens with one attached hydrogen (secondary N) is 1. The maximum atomic E-state index is 4.23. The number of para-hydroxylation sites is 1. The van der Waals surface area contributed by atoms with Crippen molar-refractivity contribution in [1.82, 2.24) is 10.3 Å². The minimum absolute atomic E-state index is 0.855. The second-order valence-corrected chi connectivity index (χ2v) is 4.58. The number of pyridine rings is 1. The molecule has 0 amide bonds. The Bertz CT molecular complexity index is 496. The molecule has 1 N–H and O–H groups in total. The fraction of sp³-hybridized carbons (Fsp3) is 0.312. The summed E-state index contributed by atoms with van der Waals surface area (Å²) < 4.78 is 0. The molecule has 0 bridgehead atoms. The van der Waals surface area contributed by atoms with Crippen LogP contribution in [0.25, 0.3) is 0 Å². The van der Waals surface area contributed by atoms with E-state index in [1.54, 1.807) is 0 Å². The largest absolute Gasteiger partial charge is 0.344 e. The molecule has 0 aliphatic carbocycles. The van der Waals surface area contributed by atoms with Gasteiger partial charge in [0.05, 0.1) is 0 Å². The molecule has 1 aromatic carbocycles. The fourth-order valence-corrected chi connectivity index (χ4v) is 2.07. The molecule has 0 unspecified atom stereocenters.